The Morgan fingerprint density at radius 2 is 1.79 bits per heavy atom. The number of carbonyl (C=O) groups is 2. The molecule has 0 aromatic heterocycles. The van der Waals surface area contributed by atoms with Gasteiger partial charge in [0.2, 0.25) is 0 Å². The molecule has 3 rings (SSSR count). The average Bonchev–Trinajstić information content (AvgIpc) is 3.15. The van der Waals surface area contributed by atoms with E-state index in [4.69, 9.17) is 4.74 Å². The van der Waals surface area contributed by atoms with E-state index in [2.05, 4.69) is 19.2 Å². The van der Waals surface area contributed by atoms with Gasteiger partial charge in [-0.1, -0.05) is 0 Å². The van der Waals surface area contributed by atoms with Crippen molar-refractivity contribution >= 4 is 11.8 Å². The van der Waals surface area contributed by atoms with Crippen LogP contribution in [0.5, 0.6) is 5.75 Å². The SMILES string of the molecule is CNCC1CCN(C(=O)c2ccc(OCC(=O)N3C(C)CCCC3C)cc2)C1. The standard InChI is InChI=1S/C22H33N3O3/c1-16-5-4-6-17(2)25(16)21(26)15-28-20-9-7-19(8-10-20)22(27)24-12-11-18(14-24)13-23-3/h7-10,16-18,23H,4-6,11-15H2,1-3H3. The van der Waals surface area contributed by atoms with Crippen molar-refractivity contribution in [3.8, 4) is 5.75 Å². The highest BCUT2D eigenvalue weighted by molar-refractivity contribution is 5.94. The topological polar surface area (TPSA) is 61.9 Å². The molecular formula is C22H33N3O3. The Kier molecular flexibility index (Phi) is 6.94. The average molecular weight is 388 g/mol. The summed E-state index contributed by atoms with van der Waals surface area (Å²) >= 11 is 0. The van der Waals surface area contributed by atoms with E-state index in [-0.39, 0.29) is 30.5 Å². The summed E-state index contributed by atoms with van der Waals surface area (Å²) in [6.45, 7) is 6.81. The van der Waals surface area contributed by atoms with Gasteiger partial charge in [-0.05, 0) is 83.3 Å². The van der Waals surface area contributed by atoms with E-state index in [1.54, 1.807) is 24.3 Å². The second kappa shape index (κ2) is 9.41. The lowest BCUT2D eigenvalue weighted by atomic mass is 9.97. The molecule has 2 fully saturated rings. The molecule has 6 heteroatoms. The zero-order valence-electron chi connectivity index (χ0n) is 17.3. The van der Waals surface area contributed by atoms with Crippen LogP contribution in [-0.4, -0.2) is 67.0 Å². The van der Waals surface area contributed by atoms with Gasteiger partial charge in [-0.15, -0.1) is 0 Å². The van der Waals surface area contributed by atoms with E-state index in [1.165, 1.54) is 6.42 Å². The fourth-order valence-corrected chi connectivity index (χ4v) is 4.48. The summed E-state index contributed by atoms with van der Waals surface area (Å²) in [5.41, 5.74) is 0.669. The van der Waals surface area contributed by atoms with Crippen LogP contribution in [0.4, 0.5) is 0 Å². The minimum Gasteiger partial charge on any atom is -0.484 e. The molecule has 0 spiro atoms. The van der Waals surface area contributed by atoms with E-state index in [0.29, 0.717) is 17.2 Å². The zero-order valence-corrected chi connectivity index (χ0v) is 17.3. The number of hydrogen-bond donors (Lipinski definition) is 1. The summed E-state index contributed by atoms with van der Waals surface area (Å²) < 4.78 is 5.70. The Labute approximate surface area is 168 Å². The van der Waals surface area contributed by atoms with E-state index in [1.807, 2.05) is 16.8 Å². The maximum atomic E-state index is 12.7. The van der Waals surface area contributed by atoms with Crippen LogP contribution in [0.3, 0.4) is 0 Å². The summed E-state index contributed by atoms with van der Waals surface area (Å²) in [7, 11) is 1.94. The second-order valence-electron chi connectivity index (χ2n) is 8.21. The number of amides is 2. The fourth-order valence-electron chi connectivity index (χ4n) is 4.48. The third-order valence-corrected chi connectivity index (χ3v) is 6.01. The molecule has 0 radical (unpaired) electrons. The van der Waals surface area contributed by atoms with Crippen LogP contribution in [0.25, 0.3) is 0 Å². The first-order chi connectivity index (χ1) is 13.5. The predicted molar refractivity (Wildman–Crippen MR) is 109 cm³/mol. The molecule has 0 bridgehead atoms. The van der Waals surface area contributed by atoms with Crippen LogP contribution >= 0.6 is 0 Å². The molecule has 154 valence electrons. The van der Waals surface area contributed by atoms with Crippen molar-refractivity contribution in [1.29, 1.82) is 0 Å². The first kappa shape index (κ1) is 20.6. The number of ether oxygens (including phenoxy) is 1. The molecule has 2 amide bonds. The number of piperidine rings is 1. The Morgan fingerprint density at radius 1 is 1.11 bits per heavy atom. The highest BCUT2D eigenvalue weighted by atomic mass is 16.5. The van der Waals surface area contributed by atoms with Gasteiger partial charge in [0.15, 0.2) is 6.61 Å². The summed E-state index contributed by atoms with van der Waals surface area (Å²) in [5.74, 6) is 1.25. The quantitative estimate of drug-likeness (QED) is 0.815. The molecule has 3 atom stereocenters. The van der Waals surface area contributed by atoms with E-state index < -0.39 is 0 Å². The van der Waals surface area contributed by atoms with Gasteiger partial charge in [0, 0.05) is 30.7 Å². The maximum Gasteiger partial charge on any atom is 0.260 e. The van der Waals surface area contributed by atoms with E-state index in [9.17, 15) is 9.59 Å². The first-order valence-electron chi connectivity index (χ1n) is 10.5. The molecule has 0 saturated carbocycles. The van der Waals surface area contributed by atoms with Crippen molar-refractivity contribution in [1.82, 2.24) is 15.1 Å². The highest BCUT2D eigenvalue weighted by Gasteiger charge is 2.29. The molecule has 1 N–H and O–H groups in total. The van der Waals surface area contributed by atoms with Crippen molar-refractivity contribution in [2.24, 2.45) is 5.92 Å². The number of rotatable bonds is 6. The van der Waals surface area contributed by atoms with Crippen LogP contribution in [0.15, 0.2) is 24.3 Å². The lowest BCUT2D eigenvalue weighted by Crippen LogP contribution is -2.49. The van der Waals surface area contributed by atoms with Crippen LogP contribution in [0, 0.1) is 5.92 Å². The molecule has 6 nitrogen and oxygen atoms in total. The third-order valence-electron chi connectivity index (χ3n) is 6.01. The van der Waals surface area contributed by atoms with Crippen molar-refractivity contribution in [2.45, 2.75) is 51.6 Å². The fraction of sp³-hybridized carbons (Fsp3) is 0.636. The molecule has 0 aliphatic carbocycles. The molecule has 1 aromatic carbocycles. The molecule has 2 aliphatic rings. The van der Waals surface area contributed by atoms with E-state index in [0.717, 1.165) is 38.9 Å². The van der Waals surface area contributed by atoms with Gasteiger partial charge in [0.05, 0.1) is 0 Å². The van der Waals surface area contributed by atoms with E-state index >= 15 is 0 Å². The van der Waals surface area contributed by atoms with Crippen LogP contribution in [-0.2, 0) is 4.79 Å². The van der Waals surface area contributed by atoms with Gasteiger partial charge in [0.25, 0.3) is 11.8 Å². The van der Waals surface area contributed by atoms with Gasteiger partial charge in [-0.3, -0.25) is 9.59 Å². The molecule has 2 heterocycles. The van der Waals surface area contributed by atoms with Gasteiger partial charge < -0.3 is 19.9 Å². The molecule has 2 saturated heterocycles. The minimum atomic E-state index is 0.0347. The van der Waals surface area contributed by atoms with Crippen molar-refractivity contribution in [3.05, 3.63) is 29.8 Å². The first-order valence-corrected chi connectivity index (χ1v) is 10.5. The summed E-state index contributed by atoms with van der Waals surface area (Å²) in [6.07, 6.45) is 4.33. The molecular weight excluding hydrogens is 354 g/mol. The highest BCUT2D eigenvalue weighted by Crippen LogP contribution is 2.23. The molecule has 1 aromatic rings. The Bertz CT molecular complexity index is 666. The Morgan fingerprint density at radius 3 is 2.43 bits per heavy atom. The van der Waals surface area contributed by atoms with Crippen molar-refractivity contribution in [2.75, 3.05) is 33.3 Å². The molecule has 3 unspecified atom stereocenters. The largest absolute Gasteiger partial charge is 0.484 e. The second-order valence-corrected chi connectivity index (χ2v) is 8.21. The maximum absolute atomic E-state index is 12.7. The van der Waals surface area contributed by atoms with Crippen molar-refractivity contribution in [3.63, 3.8) is 0 Å². The van der Waals surface area contributed by atoms with Crippen LogP contribution in [0.2, 0.25) is 0 Å². The number of likely N-dealkylation sites (tertiary alicyclic amines) is 2. The van der Waals surface area contributed by atoms with Gasteiger partial charge in [-0.2, -0.15) is 0 Å². The van der Waals surface area contributed by atoms with Crippen molar-refractivity contribution < 1.29 is 14.3 Å². The smallest absolute Gasteiger partial charge is 0.260 e. The number of hydrogen-bond acceptors (Lipinski definition) is 4. The van der Waals surface area contributed by atoms with Gasteiger partial charge in [-0.25, -0.2) is 0 Å². The third kappa shape index (κ3) is 4.85. The zero-order chi connectivity index (χ0) is 20.1. The lowest BCUT2D eigenvalue weighted by molar-refractivity contribution is -0.139. The lowest BCUT2D eigenvalue weighted by Gasteiger charge is -2.38. The monoisotopic (exact) mass is 387 g/mol. The Hall–Kier alpha value is -2.08. The number of nitrogens with zero attached hydrogens (tertiary/aromatic N) is 2. The van der Waals surface area contributed by atoms with Gasteiger partial charge >= 0.3 is 0 Å². The normalized spacial score (nSPS) is 25.0. The summed E-state index contributed by atoms with van der Waals surface area (Å²) in [6, 6.07) is 7.69. The number of benzene rings is 1. The molecule has 28 heavy (non-hydrogen) atoms. The minimum absolute atomic E-state index is 0.0347. The number of nitrogens with one attached hydrogen (secondary N) is 1. The predicted octanol–water partition coefficient (Wildman–Crippen LogP) is 2.54. The Balaban J connectivity index is 1.52. The molecule has 2 aliphatic heterocycles. The van der Waals surface area contributed by atoms with Crippen LogP contribution < -0.4 is 10.1 Å². The summed E-state index contributed by atoms with van der Waals surface area (Å²) in [5, 5.41) is 3.18. The van der Waals surface area contributed by atoms with Gasteiger partial charge in [0.1, 0.15) is 5.75 Å². The van der Waals surface area contributed by atoms with Crippen LogP contribution in [0.1, 0.15) is 49.9 Å². The summed E-state index contributed by atoms with van der Waals surface area (Å²) in [4.78, 5) is 29.1. The number of carbonyl (C=O) groups excluding carboxylic acids is 2.